The smallest absolute Gasteiger partial charge is 0.407 e. The van der Waals surface area contributed by atoms with E-state index in [4.69, 9.17) is 22.1 Å². The monoisotopic (exact) mass is 298 g/mol. The Kier molecular flexibility index (Phi) is 5.84. The highest BCUT2D eigenvalue weighted by molar-refractivity contribution is 6.30. The second kappa shape index (κ2) is 6.95. The van der Waals surface area contributed by atoms with Crippen molar-refractivity contribution in [2.75, 3.05) is 6.54 Å². The summed E-state index contributed by atoms with van der Waals surface area (Å²) in [5.41, 5.74) is 7.76. The van der Waals surface area contributed by atoms with Crippen LogP contribution in [0.4, 0.5) is 4.79 Å². The number of nitrogens with one attached hydrogen (secondary N) is 1. The number of halogens is 1. The second-order valence-electron chi connectivity index (χ2n) is 5.92. The Bertz CT molecular complexity index is 469. The van der Waals surface area contributed by atoms with Gasteiger partial charge in [-0.1, -0.05) is 17.7 Å². The fourth-order valence-electron chi connectivity index (χ4n) is 1.77. The van der Waals surface area contributed by atoms with Crippen LogP contribution in [0.2, 0.25) is 5.02 Å². The van der Waals surface area contributed by atoms with Gasteiger partial charge in [0.05, 0.1) is 0 Å². The highest BCUT2D eigenvalue weighted by atomic mass is 35.5. The molecule has 0 radical (unpaired) electrons. The molecule has 1 aromatic carbocycles. The van der Waals surface area contributed by atoms with Crippen molar-refractivity contribution >= 4 is 17.7 Å². The predicted molar refractivity (Wildman–Crippen MR) is 82.1 cm³/mol. The first kappa shape index (κ1) is 16.8. The number of hydrogen-bond acceptors (Lipinski definition) is 3. The lowest BCUT2D eigenvalue weighted by molar-refractivity contribution is 0.0524. The molecule has 0 aliphatic carbocycles. The second-order valence-corrected chi connectivity index (χ2v) is 6.35. The molecule has 1 atom stereocenters. The number of ether oxygens (including phenoxy) is 1. The molecule has 0 spiro atoms. The lowest BCUT2D eigenvalue weighted by atomic mass is 10.0. The molecule has 0 aliphatic rings. The minimum Gasteiger partial charge on any atom is -0.444 e. The molecule has 0 bridgehead atoms. The Hall–Kier alpha value is -1.26. The maximum atomic E-state index is 11.5. The molecule has 112 valence electrons. The molecule has 0 saturated heterocycles. The Morgan fingerprint density at radius 1 is 1.45 bits per heavy atom. The number of aryl methyl sites for hydroxylation is 1. The van der Waals surface area contributed by atoms with Crippen LogP contribution in [0.5, 0.6) is 0 Å². The van der Waals surface area contributed by atoms with E-state index in [-0.39, 0.29) is 6.04 Å². The van der Waals surface area contributed by atoms with Gasteiger partial charge < -0.3 is 15.8 Å². The summed E-state index contributed by atoms with van der Waals surface area (Å²) in [5.74, 6) is 0. The Morgan fingerprint density at radius 3 is 2.65 bits per heavy atom. The van der Waals surface area contributed by atoms with Crippen LogP contribution >= 0.6 is 11.6 Å². The molecule has 0 heterocycles. The maximum absolute atomic E-state index is 11.5. The van der Waals surface area contributed by atoms with Crippen LogP contribution in [0.3, 0.4) is 0 Å². The van der Waals surface area contributed by atoms with Gasteiger partial charge in [-0.3, -0.25) is 0 Å². The molecule has 1 unspecified atom stereocenters. The lowest BCUT2D eigenvalue weighted by Gasteiger charge is -2.21. The molecule has 4 nitrogen and oxygen atoms in total. The summed E-state index contributed by atoms with van der Waals surface area (Å²) in [6.07, 6.45) is 0.236. The zero-order chi connectivity index (χ0) is 15.3. The van der Waals surface area contributed by atoms with Crippen molar-refractivity contribution in [3.8, 4) is 0 Å². The van der Waals surface area contributed by atoms with Crippen LogP contribution in [-0.4, -0.2) is 24.3 Å². The SMILES string of the molecule is Cc1cc(Cl)ccc1CC(N)CNC(=O)OC(C)(C)C. The van der Waals surface area contributed by atoms with Crippen molar-refractivity contribution in [3.63, 3.8) is 0 Å². The summed E-state index contributed by atoms with van der Waals surface area (Å²) in [4.78, 5) is 11.5. The fraction of sp³-hybridized carbons (Fsp3) is 0.533. The molecule has 5 heteroatoms. The summed E-state index contributed by atoms with van der Waals surface area (Å²) in [5, 5.41) is 3.39. The number of rotatable bonds is 4. The molecule has 0 aromatic heterocycles. The molecule has 1 rings (SSSR count). The van der Waals surface area contributed by atoms with Gasteiger partial charge in [0, 0.05) is 17.6 Å². The molecule has 20 heavy (non-hydrogen) atoms. The van der Waals surface area contributed by atoms with Crippen molar-refractivity contribution in [1.82, 2.24) is 5.32 Å². The number of amides is 1. The number of carbonyl (C=O) groups excluding carboxylic acids is 1. The van der Waals surface area contributed by atoms with E-state index in [1.54, 1.807) is 0 Å². The zero-order valence-electron chi connectivity index (χ0n) is 12.5. The number of hydrogen-bond donors (Lipinski definition) is 2. The summed E-state index contributed by atoms with van der Waals surface area (Å²) in [6.45, 7) is 7.84. The molecular weight excluding hydrogens is 276 g/mol. The number of nitrogens with two attached hydrogens (primary N) is 1. The van der Waals surface area contributed by atoms with E-state index < -0.39 is 11.7 Å². The van der Waals surface area contributed by atoms with Gasteiger partial charge in [-0.05, 0) is 57.4 Å². The first-order valence-electron chi connectivity index (χ1n) is 6.65. The molecule has 3 N–H and O–H groups in total. The van der Waals surface area contributed by atoms with Gasteiger partial charge in [0.2, 0.25) is 0 Å². The van der Waals surface area contributed by atoms with E-state index in [2.05, 4.69) is 5.32 Å². The number of carbonyl (C=O) groups is 1. The average Bonchev–Trinajstić information content (AvgIpc) is 2.28. The molecule has 0 aliphatic heterocycles. The Morgan fingerprint density at radius 2 is 2.10 bits per heavy atom. The number of alkyl carbamates (subject to hydrolysis) is 1. The lowest BCUT2D eigenvalue weighted by Crippen LogP contribution is -2.41. The topological polar surface area (TPSA) is 64.3 Å². The van der Waals surface area contributed by atoms with E-state index in [9.17, 15) is 4.79 Å². The van der Waals surface area contributed by atoms with Gasteiger partial charge in [0.1, 0.15) is 5.60 Å². The van der Waals surface area contributed by atoms with E-state index >= 15 is 0 Å². The molecule has 1 amide bonds. The van der Waals surface area contributed by atoms with Crippen molar-refractivity contribution in [2.24, 2.45) is 5.73 Å². The van der Waals surface area contributed by atoms with Crippen molar-refractivity contribution in [3.05, 3.63) is 34.3 Å². The van der Waals surface area contributed by atoms with Crippen molar-refractivity contribution in [2.45, 2.75) is 45.8 Å². The van der Waals surface area contributed by atoms with E-state index in [0.29, 0.717) is 18.0 Å². The quantitative estimate of drug-likeness (QED) is 0.898. The summed E-state index contributed by atoms with van der Waals surface area (Å²) in [7, 11) is 0. The van der Waals surface area contributed by atoms with Crippen molar-refractivity contribution < 1.29 is 9.53 Å². The first-order valence-corrected chi connectivity index (χ1v) is 7.02. The zero-order valence-corrected chi connectivity index (χ0v) is 13.3. The standard InChI is InChI=1S/C15H23ClN2O2/c1-10-7-12(16)6-5-11(10)8-13(17)9-18-14(19)20-15(2,3)4/h5-7,13H,8-9,17H2,1-4H3,(H,18,19). The van der Waals surface area contributed by atoms with E-state index in [0.717, 1.165) is 11.1 Å². The minimum atomic E-state index is -0.499. The van der Waals surface area contributed by atoms with Gasteiger partial charge in [-0.25, -0.2) is 4.79 Å². The maximum Gasteiger partial charge on any atom is 0.407 e. The van der Waals surface area contributed by atoms with Crippen LogP contribution < -0.4 is 11.1 Å². The highest BCUT2D eigenvalue weighted by Crippen LogP contribution is 2.16. The van der Waals surface area contributed by atoms with Crippen LogP contribution in [0.15, 0.2) is 18.2 Å². The van der Waals surface area contributed by atoms with E-state index in [1.807, 2.05) is 45.9 Å². The van der Waals surface area contributed by atoms with Crippen LogP contribution in [0, 0.1) is 6.92 Å². The van der Waals surface area contributed by atoms with Crippen LogP contribution in [0.1, 0.15) is 31.9 Å². The summed E-state index contributed by atoms with van der Waals surface area (Å²) in [6, 6.07) is 5.55. The van der Waals surface area contributed by atoms with Crippen LogP contribution in [-0.2, 0) is 11.2 Å². The first-order chi connectivity index (χ1) is 9.17. The normalized spacial score (nSPS) is 12.9. The number of benzene rings is 1. The molecule has 1 aromatic rings. The highest BCUT2D eigenvalue weighted by Gasteiger charge is 2.16. The third kappa shape index (κ3) is 6.26. The summed E-state index contributed by atoms with van der Waals surface area (Å²) < 4.78 is 5.15. The van der Waals surface area contributed by atoms with Gasteiger partial charge >= 0.3 is 6.09 Å². The largest absolute Gasteiger partial charge is 0.444 e. The van der Waals surface area contributed by atoms with Gasteiger partial charge in [-0.15, -0.1) is 0 Å². The predicted octanol–water partition coefficient (Wildman–Crippen LogP) is 3.04. The fourth-order valence-corrected chi connectivity index (χ4v) is 2.00. The van der Waals surface area contributed by atoms with Crippen molar-refractivity contribution in [1.29, 1.82) is 0 Å². The Balaban J connectivity index is 2.44. The molecule has 0 fully saturated rings. The van der Waals surface area contributed by atoms with Gasteiger partial charge in [0.15, 0.2) is 0 Å². The van der Waals surface area contributed by atoms with Gasteiger partial charge in [-0.2, -0.15) is 0 Å². The third-order valence-electron chi connectivity index (χ3n) is 2.69. The molecule has 0 saturated carbocycles. The minimum absolute atomic E-state index is 0.164. The third-order valence-corrected chi connectivity index (χ3v) is 2.93. The Labute approximate surface area is 125 Å². The van der Waals surface area contributed by atoms with Crippen LogP contribution in [0.25, 0.3) is 0 Å². The average molecular weight is 299 g/mol. The van der Waals surface area contributed by atoms with Gasteiger partial charge in [0.25, 0.3) is 0 Å². The molecular formula is C15H23ClN2O2. The van der Waals surface area contributed by atoms with E-state index in [1.165, 1.54) is 0 Å². The summed E-state index contributed by atoms with van der Waals surface area (Å²) >= 11 is 5.91.